The molecule has 0 spiro atoms. The van der Waals surface area contributed by atoms with Gasteiger partial charge in [-0.1, -0.05) is 19.3 Å². The molecule has 3 aromatic heterocycles. The van der Waals surface area contributed by atoms with Crippen LogP contribution < -0.4 is 5.32 Å². The van der Waals surface area contributed by atoms with Crippen LogP contribution in [0, 0.1) is 6.92 Å². The second-order valence-electron chi connectivity index (χ2n) is 10.4. The van der Waals surface area contributed by atoms with E-state index in [-0.39, 0.29) is 18.2 Å². The summed E-state index contributed by atoms with van der Waals surface area (Å²) >= 11 is 0. The van der Waals surface area contributed by atoms with Gasteiger partial charge in [-0.05, 0) is 61.7 Å². The number of hydrogen-bond donors (Lipinski definition) is 4. The smallest absolute Gasteiger partial charge is 0.326 e. The van der Waals surface area contributed by atoms with E-state index < -0.39 is 17.9 Å². The average Bonchev–Trinajstić information content (AvgIpc) is 3.50. The zero-order valence-electron chi connectivity index (χ0n) is 22.1. The Morgan fingerprint density at radius 3 is 2.70 bits per heavy atom. The first-order chi connectivity index (χ1) is 19.4. The Balaban J connectivity index is 1.31. The summed E-state index contributed by atoms with van der Waals surface area (Å²) in [5.41, 5.74) is 4.86. The number of aliphatic carboxylic acids is 1. The molecule has 4 N–H and O–H groups in total. The predicted molar refractivity (Wildman–Crippen MR) is 150 cm³/mol. The number of nitrogens with one attached hydrogen (secondary N) is 2. The van der Waals surface area contributed by atoms with Gasteiger partial charge in [-0.25, -0.2) is 14.8 Å². The third-order valence-corrected chi connectivity index (χ3v) is 7.80. The number of H-pyrrole nitrogens is 1. The Bertz CT molecular complexity index is 1720. The minimum absolute atomic E-state index is 0.0612. The Morgan fingerprint density at radius 1 is 1.12 bits per heavy atom. The summed E-state index contributed by atoms with van der Waals surface area (Å²) in [6.45, 7) is 1.85. The number of fused-ring (bicyclic) bond motifs is 2. The van der Waals surface area contributed by atoms with Gasteiger partial charge in [-0.15, -0.1) is 0 Å². The molecule has 204 valence electrons. The Morgan fingerprint density at radius 2 is 1.95 bits per heavy atom. The normalized spacial score (nSPS) is 14.9. The lowest BCUT2D eigenvalue weighted by Crippen LogP contribution is -2.42. The molecule has 6 rings (SSSR count). The molecular weight excluding hydrogens is 508 g/mol. The minimum Gasteiger partial charge on any atom is -0.508 e. The number of aryl methyl sites for hydroxylation is 1. The number of nitrogens with zero attached hydrogens (tertiary/aromatic N) is 4. The molecule has 1 fully saturated rings. The average molecular weight is 539 g/mol. The summed E-state index contributed by atoms with van der Waals surface area (Å²) in [6.07, 6.45) is 10.6. The number of aromatic amines is 1. The molecule has 10 heteroatoms. The quantitative estimate of drug-likeness (QED) is 0.230. The molecule has 0 radical (unpaired) electrons. The molecule has 1 aliphatic rings. The van der Waals surface area contributed by atoms with Crippen LogP contribution in [0.25, 0.3) is 33.5 Å². The van der Waals surface area contributed by atoms with Crippen molar-refractivity contribution in [2.45, 2.75) is 57.5 Å². The van der Waals surface area contributed by atoms with Crippen molar-refractivity contribution in [3.05, 3.63) is 71.8 Å². The molecule has 0 saturated heterocycles. The number of carboxylic acid groups (broad SMARTS) is 1. The van der Waals surface area contributed by atoms with E-state index in [1.54, 1.807) is 48.9 Å². The monoisotopic (exact) mass is 538 g/mol. The maximum Gasteiger partial charge on any atom is 0.326 e. The Labute approximate surface area is 230 Å². The zero-order valence-corrected chi connectivity index (χ0v) is 22.1. The second kappa shape index (κ2) is 10.4. The van der Waals surface area contributed by atoms with Crippen molar-refractivity contribution in [3.63, 3.8) is 0 Å². The number of carbonyl (C=O) groups excluding carboxylic acids is 1. The summed E-state index contributed by atoms with van der Waals surface area (Å²) in [7, 11) is 0. The van der Waals surface area contributed by atoms with Crippen molar-refractivity contribution >= 4 is 33.8 Å². The molecule has 10 nitrogen and oxygen atoms in total. The number of aromatic hydroxyl groups is 1. The first kappa shape index (κ1) is 25.5. The van der Waals surface area contributed by atoms with E-state index in [2.05, 4.69) is 24.8 Å². The van der Waals surface area contributed by atoms with Crippen LogP contribution in [0.2, 0.25) is 0 Å². The van der Waals surface area contributed by atoms with Gasteiger partial charge in [0, 0.05) is 47.0 Å². The SMILES string of the molecule is Cc1[nH]c2ccc(O)cc2c1C[C@H](NC(=O)c1ccc2c(c1)nc(-c1cnccn1)n2C1CCCCC1)C(=O)O. The standard InChI is InChI=1S/C30H30N6O4/c1-17-21(22-14-20(37)8-9-23(22)33-17)15-25(30(39)40)35-29(38)18-7-10-27-24(13-18)34-28(26-16-31-11-12-32-26)36(27)19-5-3-2-4-6-19/h7-14,16,19,25,33,37H,2-6,15H2,1H3,(H,35,38)(H,39,40)/t25-/m0/s1. The number of phenols is 1. The van der Waals surface area contributed by atoms with Crippen LogP contribution in [0.1, 0.15) is 59.8 Å². The molecule has 1 saturated carbocycles. The summed E-state index contributed by atoms with van der Waals surface area (Å²) in [5, 5.41) is 23.3. The van der Waals surface area contributed by atoms with E-state index in [1.165, 1.54) is 6.42 Å². The summed E-state index contributed by atoms with van der Waals surface area (Å²) in [4.78, 5) is 42.3. The van der Waals surface area contributed by atoms with Crippen LogP contribution in [-0.2, 0) is 11.2 Å². The number of phenolic OH excluding ortho intramolecular Hbond substituents is 1. The molecule has 0 unspecified atom stereocenters. The van der Waals surface area contributed by atoms with Crippen LogP contribution in [-0.4, -0.2) is 52.6 Å². The van der Waals surface area contributed by atoms with E-state index in [1.807, 2.05) is 13.0 Å². The van der Waals surface area contributed by atoms with Crippen LogP contribution in [0.15, 0.2) is 55.0 Å². The van der Waals surface area contributed by atoms with Crippen molar-refractivity contribution < 1.29 is 19.8 Å². The number of amides is 1. The number of aromatic nitrogens is 5. The van der Waals surface area contributed by atoms with Crippen molar-refractivity contribution in [3.8, 4) is 17.3 Å². The highest BCUT2D eigenvalue weighted by atomic mass is 16.4. The van der Waals surface area contributed by atoms with E-state index in [0.717, 1.165) is 53.4 Å². The third-order valence-electron chi connectivity index (χ3n) is 7.80. The van der Waals surface area contributed by atoms with Gasteiger partial charge in [-0.3, -0.25) is 9.78 Å². The highest BCUT2D eigenvalue weighted by Crippen LogP contribution is 2.35. The molecule has 0 aliphatic heterocycles. The number of imidazole rings is 1. The third kappa shape index (κ3) is 4.76. The van der Waals surface area contributed by atoms with Crippen molar-refractivity contribution in [2.75, 3.05) is 0 Å². The lowest BCUT2D eigenvalue weighted by Gasteiger charge is -2.25. The van der Waals surface area contributed by atoms with Crippen LogP contribution in [0.5, 0.6) is 5.75 Å². The molecule has 2 aromatic carbocycles. The van der Waals surface area contributed by atoms with Crippen LogP contribution in [0.3, 0.4) is 0 Å². The predicted octanol–water partition coefficient (Wildman–Crippen LogP) is 4.92. The summed E-state index contributed by atoms with van der Waals surface area (Å²) < 4.78 is 2.22. The van der Waals surface area contributed by atoms with Gasteiger partial charge < -0.3 is 25.1 Å². The molecule has 1 amide bonds. The fourth-order valence-corrected chi connectivity index (χ4v) is 5.82. The molecule has 1 atom stereocenters. The zero-order chi connectivity index (χ0) is 27.8. The fourth-order valence-electron chi connectivity index (χ4n) is 5.82. The number of hydrogen-bond acceptors (Lipinski definition) is 6. The summed E-state index contributed by atoms with van der Waals surface area (Å²) in [5.74, 6) is -0.836. The van der Waals surface area contributed by atoms with Gasteiger partial charge >= 0.3 is 5.97 Å². The second-order valence-corrected chi connectivity index (χ2v) is 10.4. The molecular formula is C30H30N6O4. The largest absolute Gasteiger partial charge is 0.508 e. The Kier molecular flexibility index (Phi) is 6.67. The summed E-state index contributed by atoms with van der Waals surface area (Å²) in [6, 6.07) is 9.33. The topological polar surface area (TPSA) is 146 Å². The van der Waals surface area contributed by atoms with Crippen molar-refractivity contribution in [1.29, 1.82) is 0 Å². The van der Waals surface area contributed by atoms with Gasteiger partial charge in [0.15, 0.2) is 5.82 Å². The Hall–Kier alpha value is -4.73. The first-order valence-electron chi connectivity index (χ1n) is 13.5. The van der Waals surface area contributed by atoms with E-state index in [4.69, 9.17) is 4.98 Å². The van der Waals surface area contributed by atoms with E-state index >= 15 is 0 Å². The minimum atomic E-state index is -1.17. The lowest BCUT2D eigenvalue weighted by atomic mass is 9.95. The van der Waals surface area contributed by atoms with Crippen molar-refractivity contribution in [2.24, 2.45) is 0 Å². The fraction of sp³-hybridized carbons (Fsp3) is 0.300. The molecule has 1 aliphatic carbocycles. The van der Waals surface area contributed by atoms with Gasteiger partial charge in [0.25, 0.3) is 5.91 Å². The van der Waals surface area contributed by atoms with Gasteiger partial charge in [-0.2, -0.15) is 0 Å². The van der Waals surface area contributed by atoms with Gasteiger partial charge in [0.1, 0.15) is 17.5 Å². The van der Waals surface area contributed by atoms with Crippen LogP contribution >= 0.6 is 0 Å². The number of rotatable bonds is 7. The molecule has 0 bridgehead atoms. The number of carbonyl (C=O) groups is 2. The van der Waals surface area contributed by atoms with Crippen LogP contribution in [0.4, 0.5) is 0 Å². The highest BCUT2D eigenvalue weighted by molar-refractivity contribution is 6.00. The molecule has 5 aromatic rings. The van der Waals surface area contributed by atoms with Gasteiger partial charge in [0.2, 0.25) is 0 Å². The van der Waals surface area contributed by atoms with E-state index in [0.29, 0.717) is 22.6 Å². The van der Waals surface area contributed by atoms with E-state index in [9.17, 15) is 19.8 Å². The van der Waals surface area contributed by atoms with Crippen molar-refractivity contribution in [1.82, 2.24) is 29.8 Å². The first-order valence-corrected chi connectivity index (χ1v) is 13.5. The highest BCUT2D eigenvalue weighted by Gasteiger charge is 2.26. The maximum atomic E-state index is 13.3. The maximum absolute atomic E-state index is 13.3. The number of benzene rings is 2. The van der Waals surface area contributed by atoms with Gasteiger partial charge in [0.05, 0.1) is 17.2 Å². The lowest BCUT2D eigenvalue weighted by molar-refractivity contribution is -0.139. The molecule has 40 heavy (non-hydrogen) atoms. The molecule has 3 heterocycles. The number of carboxylic acids is 1.